The average molecular weight is 300 g/mol. The maximum absolute atomic E-state index is 13.0. The van der Waals surface area contributed by atoms with Gasteiger partial charge in [-0.1, -0.05) is 6.07 Å². The summed E-state index contributed by atoms with van der Waals surface area (Å²) in [5.41, 5.74) is 0.613. The molecule has 1 N–H and O–H groups in total. The maximum Gasteiger partial charge on any atom is 0.159 e. The van der Waals surface area contributed by atoms with E-state index < -0.39 is 17.7 Å². The Kier molecular flexibility index (Phi) is 3.49. The van der Waals surface area contributed by atoms with E-state index >= 15 is 0 Å². The minimum absolute atomic E-state index is 0.253. The van der Waals surface area contributed by atoms with Crippen LogP contribution in [0.2, 0.25) is 0 Å². The molecule has 0 saturated heterocycles. The molecule has 1 aromatic heterocycles. The fourth-order valence-corrected chi connectivity index (χ4v) is 1.91. The first-order chi connectivity index (χ1) is 8.09. The predicted octanol–water partition coefficient (Wildman–Crippen LogP) is 3.20. The number of rotatable bonds is 2. The quantitative estimate of drug-likeness (QED) is 0.924. The molecule has 0 radical (unpaired) electrons. The molecule has 0 aliphatic rings. The number of halogens is 3. The Bertz CT molecular complexity index is 548. The largest absolute Gasteiger partial charge is 0.382 e. The second-order valence-corrected chi connectivity index (χ2v) is 4.30. The molecule has 0 spiro atoms. The van der Waals surface area contributed by atoms with Crippen LogP contribution in [0.5, 0.6) is 0 Å². The first kappa shape index (κ1) is 12.1. The van der Waals surface area contributed by atoms with Crippen molar-refractivity contribution in [2.24, 2.45) is 0 Å². The second-order valence-electron chi connectivity index (χ2n) is 3.45. The summed E-state index contributed by atoms with van der Waals surface area (Å²) in [5, 5.41) is 10.0. The molecule has 1 atom stereocenters. The zero-order valence-electron chi connectivity index (χ0n) is 8.57. The van der Waals surface area contributed by atoms with Crippen LogP contribution in [-0.4, -0.2) is 10.1 Å². The lowest BCUT2D eigenvalue weighted by atomic mass is 10.1. The molecule has 0 fully saturated rings. The van der Waals surface area contributed by atoms with Gasteiger partial charge >= 0.3 is 0 Å². The normalized spacial score (nSPS) is 12.5. The Morgan fingerprint density at radius 1 is 1.18 bits per heavy atom. The number of hydrogen-bond donors (Lipinski definition) is 1. The van der Waals surface area contributed by atoms with Crippen LogP contribution in [0.15, 0.2) is 41.0 Å². The molecular weight excluding hydrogens is 292 g/mol. The van der Waals surface area contributed by atoms with E-state index in [9.17, 15) is 13.9 Å². The van der Waals surface area contributed by atoms with Crippen molar-refractivity contribution in [2.45, 2.75) is 6.10 Å². The Morgan fingerprint density at radius 2 is 1.94 bits per heavy atom. The molecule has 88 valence electrons. The van der Waals surface area contributed by atoms with Gasteiger partial charge in [-0.2, -0.15) is 0 Å². The van der Waals surface area contributed by atoms with E-state index in [1.807, 2.05) is 0 Å². The van der Waals surface area contributed by atoms with Crippen LogP contribution < -0.4 is 0 Å². The predicted molar refractivity (Wildman–Crippen MR) is 62.4 cm³/mol. The highest BCUT2D eigenvalue weighted by Gasteiger charge is 2.16. The van der Waals surface area contributed by atoms with Crippen molar-refractivity contribution in [3.8, 4) is 0 Å². The summed E-state index contributed by atoms with van der Waals surface area (Å²) in [6.07, 6.45) is 0.420. The first-order valence-corrected chi connectivity index (χ1v) is 5.62. The highest BCUT2D eigenvalue weighted by Crippen LogP contribution is 2.27. The van der Waals surface area contributed by atoms with Gasteiger partial charge in [0.15, 0.2) is 11.6 Å². The van der Waals surface area contributed by atoms with Crippen LogP contribution in [0.3, 0.4) is 0 Å². The lowest BCUT2D eigenvalue weighted by Crippen LogP contribution is -2.04. The molecule has 17 heavy (non-hydrogen) atoms. The van der Waals surface area contributed by atoms with Gasteiger partial charge in [-0.3, -0.25) is 4.98 Å². The zero-order chi connectivity index (χ0) is 12.4. The number of aliphatic hydroxyl groups is 1. The van der Waals surface area contributed by atoms with Crippen LogP contribution in [0.4, 0.5) is 8.78 Å². The Hall–Kier alpha value is -1.33. The van der Waals surface area contributed by atoms with Crippen molar-refractivity contribution in [2.75, 3.05) is 0 Å². The molecule has 0 saturated carbocycles. The van der Waals surface area contributed by atoms with Crippen molar-refractivity contribution in [1.82, 2.24) is 4.98 Å². The fraction of sp³-hybridized carbons (Fsp3) is 0.0833. The monoisotopic (exact) mass is 299 g/mol. The van der Waals surface area contributed by atoms with Crippen molar-refractivity contribution in [3.63, 3.8) is 0 Å². The molecule has 2 nitrogen and oxygen atoms in total. The smallest absolute Gasteiger partial charge is 0.159 e. The van der Waals surface area contributed by atoms with Crippen LogP contribution >= 0.6 is 15.9 Å². The number of pyridine rings is 1. The lowest BCUT2D eigenvalue weighted by Gasteiger charge is -2.12. The summed E-state index contributed by atoms with van der Waals surface area (Å²) < 4.78 is 26.4. The third kappa shape index (κ3) is 2.50. The number of aromatic nitrogens is 1. The van der Waals surface area contributed by atoms with E-state index in [-0.39, 0.29) is 5.56 Å². The molecule has 0 bridgehead atoms. The Morgan fingerprint density at radius 3 is 2.59 bits per heavy atom. The molecule has 5 heteroatoms. The highest BCUT2D eigenvalue weighted by molar-refractivity contribution is 9.10. The molecule has 0 aliphatic carbocycles. The molecule has 2 rings (SSSR count). The summed E-state index contributed by atoms with van der Waals surface area (Å²) in [5.74, 6) is -1.94. The van der Waals surface area contributed by atoms with Gasteiger partial charge in [0, 0.05) is 10.7 Å². The topological polar surface area (TPSA) is 33.1 Å². The third-order valence-electron chi connectivity index (χ3n) is 2.31. The van der Waals surface area contributed by atoms with E-state index in [0.717, 1.165) is 12.1 Å². The van der Waals surface area contributed by atoms with Gasteiger partial charge < -0.3 is 5.11 Å². The molecule has 1 aromatic carbocycles. The van der Waals surface area contributed by atoms with E-state index in [4.69, 9.17) is 0 Å². The molecule has 2 aromatic rings. The molecule has 1 heterocycles. The molecule has 0 aliphatic heterocycles. The zero-order valence-corrected chi connectivity index (χ0v) is 10.2. The average Bonchev–Trinajstić information content (AvgIpc) is 2.32. The van der Waals surface area contributed by atoms with Gasteiger partial charge in [0.2, 0.25) is 0 Å². The summed E-state index contributed by atoms with van der Waals surface area (Å²) in [4.78, 5) is 3.99. The molecule has 0 amide bonds. The first-order valence-electron chi connectivity index (χ1n) is 4.83. The van der Waals surface area contributed by atoms with E-state index in [1.165, 1.54) is 12.3 Å². The van der Waals surface area contributed by atoms with E-state index in [1.54, 1.807) is 12.1 Å². The van der Waals surface area contributed by atoms with Gasteiger partial charge in [0.25, 0.3) is 0 Å². The molecular formula is C12H8BrF2NO. The fourth-order valence-electron chi connectivity index (χ4n) is 1.44. The lowest BCUT2D eigenvalue weighted by molar-refractivity contribution is 0.213. The van der Waals surface area contributed by atoms with Gasteiger partial charge in [-0.05, 0) is 45.8 Å². The highest BCUT2D eigenvalue weighted by atomic mass is 79.9. The van der Waals surface area contributed by atoms with Gasteiger partial charge in [0.05, 0.1) is 5.69 Å². The summed E-state index contributed by atoms with van der Waals surface area (Å²) in [6.45, 7) is 0. The van der Waals surface area contributed by atoms with Crippen molar-refractivity contribution >= 4 is 15.9 Å². The summed E-state index contributed by atoms with van der Waals surface area (Å²) in [6, 6.07) is 6.67. The summed E-state index contributed by atoms with van der Waals surface area (Å²) >= 11 is 3.24. The minimum atomic E-state index is -1.10. The standard InChI is InChI=1S/C12H8BrF2NO/c13-8-2-1-5-16-11(8)12(17)7-3-4-9(14)10(15)6-7/h1-6,12,17H. The van der Waals surface area contributed by atoms with Crippen LogP contribution in [-0.2, 0) is 0 Å². The maximum atomic E-state index is 13.0. The molecule has 1 unspecified atom stereocenters. The number of nitrogens with zero attached hydrogens (tertiary/aromatic N) is 1. The van der Waals surface area contributed by atoms with Gasteiger partial charge in [0.1, 0.15) is 6.10 Å². The number of aliphatic hydroxyl groups excluding tert-OH is 1. The van der Waals surface area contributed by atoms with Gasteiger partial charge in [-0.15, -0.1) is 0 Å². The summed E-state index contributed by atoms with van der Waals surface area (Å²) in [7, 11) is 0. The van der Waals surface area contributed by atoms with Crippen molar-refractivity contribution < 1.29 is 13.9 Å². The van der Waals surface area contributed by atoms with Gasteiger partial charge in [-0.25, -0.2) is 8.78 Å². The van der Waals surface area contributed by atoms with Crippen molar-refractivity contribution in [3.05, 3.63) is 63.9 Å². The van der Waals surface area contributed by atoms with E-state index in [0.29, 0.717) is 10.2 Å². The van der Waals surface area contributed by atoms with E-state index in [2.05, 4.69) is 20.9 Å². The van der Waals surface area contributed by atoms with Crippen molar-refractivity contribution in [1.29, 1.82) is 0 Å². The number of hydrogen-bond acceptors (Lipinski definition) is 2. The minimum Gasteiger partial charge on any atom is -0.382 e. The Balaban J connectivity index is 2.40. The van der Waals surface area contributed by atoms with Crippen LogP contribution in [0, 0.1) is 11.6 Å². The second kappa shape index (κ2) is 4.89. The third-order valence-corrected chi connectivity index (χ3v) is 2.98. The Labute approximate surface area is 105 Å². The van der Waals surface area contributed by atoms with Crippen LogP contribution in [0.1, 0.15) is 17.4 Å². The van der Waals surface area contributed by atoms with Crippen LogP contribution in [0.25, 0.3) is 0 Å². The number of benzene rings is 1. The SMILES string of the molecule is OC(c1ccc(F)c(F)c1)c1ncccc1Br.